The topological polar surface area (TPSA) is 85.4 Å². The first-order valence-electron chi connectivity index (χ1n) is 10.4. The second kappa shape index (κ2) is 9.06. The minimum Gasteiger partial charge on any atom is -0.381 e. The van der Waals surface area contributed by atoms with Crippen molar-refractivity contribution >= 4 is 37.2 Å². The number of nitrogens with zero attached hydrogens (tertiary/aromatic N) is 1. The summed E-state index contributed by atoms with van der Waals surface area (Å²) in [4.78, 5) is 17.5. The van der Waals surface area contributed by atoms with Gasteiger partial charge in [-0.2, -0.15) is 0 Å². The molecule has 1 amide bonds. The first kappa shape index (κ1) is 21.9. The molecule has 164 valence electrons. The summed E-state index contributed by atoms with van der Waals surface area (Å²) in [5.41, 5.74) is 0.853. The van der Waals surface area contributed by atoms with Gasteiger partial charge in [0, 0.05) is 26.0 Å². The van der Waals surface area contributed by atoms with Gasteiger partial charge in [0.2, 0.25) is 0 Å². The molecule has 8 heteroatoms. The summed E-state index contributed by atoms with van der Waals surface area (Å²) in [6.45, 7) is 2.39. The number of nitrogens with one attached hydrogen (secondary N) is 1. The molecular formula is C23H26N2O4S2. The largest absolute Gasteiger partial charge is 0.381 e. The number of hydrogen-bond acceptors (Lipinski definition) is 6. The van der Waals surface area contributed by atoms with Crippen LogP contribution in [-0.4, -0.2) is 37.8 Å². The van der Waals surface area contributed by atoms with Gasteiger partial charge in [0.25, 0.3) is 5.91 Å². The van der Waals surface area contributed by atoms with Crippen LogP contribution < -0.4 is 5.32 Å². The molecule has 1 aromatic carbocycles. The van der Waals surface area contributed by atoms with Gasteiger partial charge >= 0.3 is 0 Å². The first-order valence-corrected chi connectivity index (χ1v) is 12.7. The highest BCUT2D eigenvalue weighted by atomic mass is 32.2. The molecule has 6 nitrogen and oxygen atoms in total. The fourth-order valence-electron chi connectivity index (χ4n) is 4.21. The van der Waals surface area contributed by atoms with Gasteiger partial charge < -0.3 is 10.1 Å². The molecule has 0 bridgehead atoms. The van der Waals surface area contributed by atoms with E-state index in [1.54, 1.807) is 43.8 Å². The molecule has 3 atom stereocenters. The van der Waals surface area contributed by atoms with Crippen LogP contribution in [0.15, 0.2) is 53.7 Å². The number of fused-ring (bicyclic) bond motifs is 1. The quantitative estimate of drug-likeness (QED) is 0.598. The van der Waals surface area contributed by atoms with Crippen molar-refractivity contribution in [2.24, 2.45) is 5.92 Å². The predicted octanol–water partition coefficient (Wildman–Crippen LogP) is 4.20. The molecule has 4 rings (SSSR count). The number of aromatic nitrogens is 1. The molecule has 1 aliphatic rings. The molecule has 2 heterocycles. The van der Waals surface area contributed by atoms with E-state index in [-0.39, 0.29) is 23.2 Å². The third-order valence-corrected chi connectivity index (χ3v) is 9.36. The SMILES string of the molecule is COC1CCC(S(=O)(=O)c2ccc(CNC(=O)c3cc4ccncc4s3)cc2)CC1C. The molecule has 0 radical (unpaired) electrons. The van der Waals surface area contributed by atoms with E-state index >= 15 is 0 Å². The molecule has 1 fully saturated rings. The molecular weight excluding hydrogens is 432 g/mol. The molecule has 1 saturated carbocycles. The summed E-state index contributed by atoms with van der Waals surface area (Å²) in [6, 6.07) is 10.6. The Hall–Kier alpha value is -2.29. The van der Waals surface area contributed by atoms with E-state index in [9.17, 15) is 13.2 Å². The zero-order chi connectivity index (χ0) is 22.0. The number of amides is 1. The van der Waals surface area contributed by atoms with Gasteiger partial charge in [-0.05, 0) is 60.4 Å². The second-order valence-electron chi connectivity index (χ2n) is 8.08. The number of rotatable bonds is 6. The van der Waals surface area contributed by atoms with Crippen LogP contribution in [-0.2, 0) is 21.1 Å². The van der Waals surface area contributed by atoms with Crippen molar-refractivity contribution in [3.63, 3.8) is 0 Å². The van der Waals surface area contributed by atoms with E-state index in [0.717, 1.165) is 22.1 Å². The van der Waals surface area contributed by atoms with Crippen LogP contribution >= 0.6 is 11.3 Å². The van der Waals surface area contributed by atoms with Crippen molar-refractivity contribution in [3.8, 4) is 0 Å². The van der Waals surface area contributed by atoms with Gasteiger partial charge in [0.15, 0.2) is 9.84 Å². The average Bonchev–Trinajstić information content (AvgIpc) is 3.22. The maximum absolute atomic E-state index is 13.1. The standard InChI is InChI=1S/C23H26N2O4S2/c1-15-11-19(7-8-20(15)29-2)31(27,28)18-5-3-16(4-6-18)13-25-23(26)21-12-17-9-10-24-14-22(17)30-21/h3-6,9-10,12,14-15,19-20H,7-8,11,13H2,1-2H3,(H,25,26). The van der Waals surface area contributed by atoms with Crippen LogP contribution in [0.25, 0.3) is 10.1 Å². The number of benzene rings is 1. The maximum Gasteiger partial charge on any atom is 0.261 e. The van der Waals surface area contributed by atoms with Gasteiger partial charge in [-0.25, -0.2) is 8.42 Å². The van der Waals surface area contributed by atoms with Crippen molar-refractivity contribution in [3.05, 3.63) is 59.2 Å². The van der Waals surface area contributed by atoms with Crippen molar-refractivity contribution < 1.29 is 17.9 Å². The van der Waals surface area contributed by atoms with Crippen molar-refractivity contribution in [1.82, 2.24) is 10.3 Å². The Bertz CT molecular complexity index is 1140. The summed E-state index contributed by atoms with van der Waals surface area (Å²) in [6.07, 6.45) is 5.58. The highest BCUT2D eigenvalue weighted by molar-refractivity contribution is 7.92. The zero-order valence-corrected chi connectivity index (χ0v) is 19.2. The molecule has 2 aromatic heterocycles. The van der Waals surface area contributed by atoms with E-state index in [2.05, 4.69) is 17.2 Å². The maximum atomic E-state index is 13.1. The lowest BCUT2D eigenvalue weighted by atomic mass is 9.87. The average molecular weight is 459 g/mol. The van der Waals surface area contributed by atoms with Gasteiger partial charge in [-0.15, -0.1) is 11.3 Å². The van der Waals surface area contributed by atoms with E-state index in [4.69, 9.17) is 4.74 Å². The summed E-state index contributed by atoms with van der Waals surface area (Å²) in [5, 5.41) is 3.52. The molecule has 31 heavy (non-hydrogen) atoms. The lowest BCUT2D eigenvalue weighted by Gasteiger charge is -2.32. The normalized spacial score (nSPS) is 21.8. The Balaban J connectivity index is 1.39. The smallest absolute Gasteiger partial charge is 0.261 e. The van der Waals surface area contributed by atoms with Crippen LogP contribution in [0, 0.1) is 5.92 Å². The second-order valence-corrected chi connectivity index (χ2v) is 11.4. The van der Waals surface area contributed by atoms with E-state index in [1.807, 2.05) is 12.1 Å². The molecule has 3 aromatic rings. The number of methoxy groups -OCH3 is 1. The Labute approximate surface area is 186 Å². The summed E-state index contributed by atoms with van der Waals surface area (Å²) < 4.78 is 32.5. The van der Waals surface area contributed by atoms with E-state index in [1.165, 1.54) is 11.3 Å². The zero-order valence-electron chi connectivity index (χ0n) is 17.6. The summed E-state index contributed by atoms with van der Waals surface area (Å²) in [5.74, 6) is 0.0690. The minimum atomic E-state index is -3.38. The van der Waals surface area contributed by atoms with Crippen LogP contribution in [0.1, 0.15) is 41.4 Å². The number of carbonyl (C=O) groups is 1. The van der Waals surface area contributed by atoms with Crippen LogP contribution in [0.5, 0.6) is 0 Å². The van der Waals surface area contributed by atoms with Crippen LogP contribution in [0.4, 0.5) is 0 Å². The van der Waals surface area contributed by atoms with Crippen LogP contribution in [0.3, 0.4) is 0 Å². The van der Waals surface area contributed by atoms with Crippen molar-refractivity contribution in [1.29, 1.82) is 0 Å². The summed E-state index contributed by atoms with van der Waals surface area (Å²) in [7, 11) is -1.69. The minimum absolute atomic E-state index is 0.134. The Morgan fingerprint density at radius 2 is 2.00 bits per heavy atom. The Morgan fingerprint density at radius 1 is 1.23 bits per heavy atom. The fraction of sp³-hybridized carbons (Fsp3) is 0.391. The van der Waals surface area contributed by atoms with Crippen molar-refractivity contribution in [2.75, 3.05) is 7.11 Å². The van der Waals surface area contributed by atoms with Crippen molar-refractivity contribution in [2.45, 2.75) is 49.0 Å². The number of carbonyl (C=O) groups excluding carboxylic acids is 1. The van der Waals surface area contributed by atoms with Gasteiger partial charge in [-0.3, -0.25) is 9.78 Å². The molecule has 0 saturated heterocycles. The lowest BCUT2D eigenvalue weighted by Crippen LogP contribution is -2.35. The highest BCUT2D eigenvalue weighted by Crippen LogP contribution is 2.33. The van der Waals surface area contributed by atoms with E-state index in [0.29, 0.717) is 29.2 Å². The number of sulfone groups is 1. The Kier molecular flexibility index (Phi) is 6.41. The molecule has 0 aliphatic heterocycles. The third kappa shape index (κ3) is 4.66. The number of thiophene rings is 1. The molecule has 0 spiro atoms. The fourth-order valence-corrected chi connectivity index (χ4v) is 7.06. The molecule has 1 aliphatic carbocycles. The number of hydrogen-bond donors (Lipinski definition) is 1. The third-order valence-electron chi connectivity index (χ3n) is 6.04. The molecule has 1 N–H and O–H groups in total. The summed E-state index contributed by atoms with van der Waals surface area (Å²) >= 11 is 1.40. The highest BCUT2D eigenvalue weighted by Gasteiger charge is 2.35. The first-order chi connectivity index (χ1) is 14.9. The monoisotopic (exact) mass is 458 g/mol. The van der Waals surface area contributed by atoms with Gasteiger partial charge in [0.05, 0.1) is 25.8 Å². The predicted molar refractivity (Wildman–Crippen MR) is 122 cm³/mol. The van der Waals surface area contributed by atoms with Gasteiger partial charge in [0.1, 0.15) is 0 Å². The number of pyridine rings is 1. The Morgan fingerprint density at radius 3 is 2.68 bits per heavy atom. The molecule has 3 unspecified atom stereocenters. The lowest BCUT2D eigenvalue weighted by molar-refractivity contribution is 0.0319. The van der Waals surface area contributed by atoms with Gasteiger partial charge in [-0.1, -0.05) is 19.1 Å². The number of ether oxygens (including phenoxy) is 1. The van der Waals surface area contributed by atoms with E-state index < -0.39 is 9.84 Å². The van der Waals surface area contributed by atoms with Crippen LogP contribution in [0.2, 0.25) is 0 Å².